The second kappa shape index (κ2) is 14.3. The zero-order valence-corrected chi connectivity index (χ0v) is 40.1. The average molecular weight is 909 g/mol. The van der Waals surface area contributed by atoms with Crippen molar-refractivity contribution < 1.29 is 9.47 Å². The van der Waals surface area contributed by atoms with Gasteiger partial charge < -0.3 is 9.47 Å². The van der Waals surface area contributed by atoms with Crippen molar-refractivity contribution in [3.05, 3.63) is 263 Å². The molecule has 0 saturated heterocycles. The van der Waals surface area contributed by atoms with Crippen molar-refractivity contribution in [2.45, 2.75) is 43.9 Å². The topological polar surface area (TPSA) is 18.5 Å². The number of hydrogen-bond acceptors (Lipinski definition) is 2. The fraction of sp³-hybridized carbons (Fsp3) is 0.101. The van der Waals surface area contributed by atoms with E-state index in [1.165, 1.54) is 122 Å². The van der Waals surface area contributed by atoms with Gasteiger partial charge in [0.25, 0.3) is 0 Å². The van der Waals surface area contributed by atoms with Gasteiger partial charge in [-0.2, -0.15) is 0 Å². The SMILES string of the molecule is CC1(C)c2ccccc2Oc2cccc(-c3cccc4c(-c5cccc6c5-c5ccccc5C65c6ccccc6-c6ccccc65)c5cccc(-c6cccc7c6C(C)(C)c6ccccc6O7)c5cc34)c21. The smallest absolute Gasteiger partial charge is 0.132 e. The van der Waals surface area contributed by atoms with Crippen LogP contribution in [0.2, 0.25) is 0 Å². The third kappa shape index (κ3) is 5.21. The maximum absolute atomic E-state index is 6.79. The highest BCUT2D eigenvalue weighted by molar-refractivity contribution is 6.21. The second-order valence-corrected chi connectivity index (χ2v) is 21.0. The molecular formula is C69H48O2. The number of benzene rings is 11. The molecule has 71 heavy (non-hydrogen) atoms. The minimum absolute atomic E-state index is 0.328. The van der Waals surface area contributed by atoms with Crippen LogP contribution in [-0.2, 0) is 16.2 Å². The van der Waals surface area contributed by atoms with Gasteiger partial charge in [0.15, 0.2) is 0 Å². The van der Waals surface area contributed by atoms with Crippen LogP contribution in [0.1, 0.15) is 72.2 Å². The van der Waals surface area contributed by atoms with E-state index in [-0.39, 0.29) is 10.8 Å². The van der Waals surface area contributed by atoms with E-state index in [0.717, 1.165) is 23.0 Å². The molecule has 1 spiro atoms. The quantitative estimate of drug-likeness (QED) is 0.164. The summed E-state index contributed by atoms with van der Waals surface area (Å²) in [7, 11) is 0. The van der Waals surface area contributed by atoms with Crippen LogP contribution in [0, 0.1) is 0 Å². The van der Waals surface area contributed by atoms with E-state index >= 15 is 0 Å². The summed E-state index contributed by atoms with van der Waals surface area (Å²) in [6, 6.07) is 81.2. The summed E-state index contributed by atoms with van der Waals surface area (Å²) in [5.74, 6) is 3.65. The van der Waals surface area contributed by atoms with Gasteiger partial charge in [0.2, 0.25) is 0 Å². The van der Waals surface area contributed by atoms with Gasteiger partial charge in [0, 0.05) is 33.1 Å². The van der Waals surface area contributed by atoms with E-state index in [1.807, 2.05) is 0 Å². The Morgan fingerprint density at radius 2 is 0.606 bits per heavy atom. The molecule has 11 aromatic rings. The van der Waals surface area contributed by atoms with Crippen LogP contribution < -0.4 is 9.47 Å². The zero-order valence-electron chi connectivity index (χ0n) is 40.1. The largest absolute Gasteiger partial charge is 0.457 e. The molecule has 336 valence electrons. The van der Waals surface area contributed by atoms with Gasteiger partial charge in [-0.1, -0.05) is 216 Å². The molecule has 2 heterocycles. The molecule has 2 aliphatic carbocycles. The predicted molar refractivity (Wildman–Crippen MR) is 291 cm³/mol. The van der Waals surface area contributed by atoms with Crippen LogP contribution >= 0.6 is 0 Å². The van der Waals surface area contributed by atoms with E-state index < -0.39 is 5.41 Å². The van der Waals surface area contributed by atoms with Crippen molar-refractivity contribution >= 4 is 21.5 Å². The first-order chi connectivity index (χ1) is 34.8. The molecule has 2 heteroatoms. The predicted octanol–water partition coefficient (Wildman–Crippen LogP) is 18.2. The minimum atomic E-state index is -0.470. The van der Waals surface area contributed by atoms with Gasteiger partial charge in [-0.3, -0.25) is 0 Å². The lowest BCUT2D eigenvalue weighted by atomic mass is 9.70. The molecule has 0 N–H and O–H groups in total. The lowest BCUT2D eigenvalue weighted by molar-refractivity contribution is 0.418. The van der Waals surface area contributed by atoms with E-state index in [9.17, 15) is 0 Å². The van der Waals surface area contributed by atoms with Crippen LogP contribution in [0.25, 0.3) is 77.2 Å². The Morgan fingerprint density at radius 3 is 1.13 bits per heavy atom. The third-order valence-corrected chi connectivity index (χ3v) is 16.8. The lowest BCUT2D eigenvalue weighted by Crippen LogP contribution is -2.25. The first kappa shape index (κ1) is 40.4. The van der Waals surface area contributed by atoms with Gasteiger partial charge in [-0.15, -0.1) is 0 Å². The highest BCUT2D eigenvalue weighted by atomic mass is 16.5. The molecule has 0 bridgehead atoms. The first-order valence-corrected chi connectivity index (χ1v) is 25.0. The van der Waals surface area contributed by atoms with Gasteiger partial charge in [0.1, 0.15) is 23.0 Å². The Bertz CT molecular complexity index is 3920. The molecule has 0 fully saturated rings. The van der Waals surface area contributed by atoms with Crippen LogP contribution in [0.15, 0.2) is 218 Å². The highest BCUT2D eigenvalue weighted by Gasteiger charge is 2.52. The maximum atomic E-state index is 6.79. The summed E-state index contributed by atoms with van der Waals surface area (Å²) in [6.45, 7) is 9.39. The number of para-hydroxylation sites is 2. The Labute approximate surface area is 414 Å². The van der Waals surface area contributed by atoms with Gasteiger partial charge >= 0.3 is 0 Å². The van der Waals surface area contributed by atoms with Crippen molar-refractivity contribution in [2.24, 2.45) is 0 Å². The monoisotopic (exact) mass is 908 g/mol. The molecule has 0 saturated carbocycles. The molecule has 2 nitrogen and oxygen atoms in total. The van der Waals surface area contributed by atoms with E-state index in [1.54, 1.807) is 0 Å². The number of hydrogen-bond donors (Lipinski definition) is 0. The zero-order chi connectivity index (χ0) is 47.4. The van der Waals surface area contributed by atoms with E-state index in [2.05, 4.69) is 246 Å². The molecule has 0 amide bonds. The molecule has 0 unspecified atom stereocenters. The van der Waals surface area contributed by atoms with Crippen LogP contribution in [0.5, 0.6) is 23.0 Å². The number of rotatable bonds is 3. The Morgan fingerprint density at radius 1 is 0.254 bits per heavy atom. The van der Waals surface area contributed by atoms with Crippen LogP contribution in [0.3, 0.4) is 0 Å². The molecule has 2 aliphatic heterocycles. The summed E-state index contributed by atoms with van der Waals surface area (Å²) in [4.78, 5) is 0. The average Bonchev–Trinajstić information content (AvgIpc) is 3.87. The van der Waals surface area contributed by atoms with Gasteiger partial charge in [-0.05, 0) is 130 Å². The summed E-state index contributed by atoms with van der Waals surface area (Å²) < 4.78 is 13.6. The molecular weight excluding hydrogens is 861 g/mol. The molecule has 0 aromatic heterocycles. The molecule has 0 radical (unpaired) electrons. The third-order valence-electron chi connectivity index (χ3n) is 16.8. The number of fused-ring (bicyclic) bond motifs is 16. The lowest BCUT2D eigenvalue weighted by Gasteiger charge is -2.36. The fourth-order valence-corrected chi connectivity index (χ4v) is 13.9. The number of ether oxygens (including phenoxy) is 2. The van der Waals surface area contributed by atoms with Crippen molar-refractivity contribution in [1.82, 2.24) is 0 Å². The molecule has 0 atom stereocenters. The van der Waals surface area contributed by atoms with E-state index in [0.29, 0.717) is 0 Å². The molecule has 4 aliphatic rings. The fourth-order valence-electron chi connectivity index (χ4n) is 13.9. The molecule has 15 rings (SSSR count). The maximum Gasteiger partial charge on any atom is 0.132 e. The summed E-state index contributed by atoms with van der Waals surface area (Å²) in [5, 5.41) is 4.83. The summed E-state index contributed by atoms with van der Waals surface area (Å²) >= 11 is 0. The van der Waals surface area contributed by atoms with Crippen molar-refractivity contribution in [1.29, 1.82) is 0 Å². The Balaban J connectivity index is 1.07. The van der Waals surface area contributed by atoms with E-state index in [4.69, 9.17) is 9.47 Å². The Hall–Kier alpha value is -8.46. The normalized spacial score (nSPS) is 15.3. The minimum Gasteiger partial charge on any atom is -0.457 e. The summed E-state index contributed by atoms with van der Waals surface area (Å²) in [6.07, 6.45) is 0. The van der Waals surface area contributed by atoms with Gasteiger partial charge in [0.05, 0.1) is 5.41 Å². The standard InChI is InChI=1S/C69H48O2/c1-67(2)56-33-11-13-36-59(56)70-61-38-18-27-47(65(61)67)41-23-15-25-45-51(41)40-52-42(48-28-19-39-62-66(48)68(3,4)57-34-12-14-37-60(57)71-62)24-16-26-46(52)63(45)50-29-17-35-58-64(50)49-22-7-10-32-55(49)69(58)53-30-8-5-20-43(53)44-21-6-9-31-54(44)69/h5-40H,1-4H3. The van der Waals surface area contributed by atoms with Crippen molar-refractivity contribution in [2.75, 3.05) is 0 Å². The summed E-state index contributed by atoms with van der Waals surface area (Å²) in [5.41, 5.74) is 21.4. The second-order valence-electron chi connectivity index (χ2n) is 21.0. The van der Waals surface area contributed by atoms with Gasteiger partial charge in [-0.25, -0.2) is 0 Å². The first-order valence-electron chi connectivity index (χ1n) is 25.0. The molecule has 11 aromatic carbocycles. The Kier molecular flexibility index (Phi) is 8.15. The van der Waals surface area contributed by atoms with Crippen LogP contribution in [-0.4, -0.2) is 0 Å². The van der Waals surface area contributed by atoms with Crippen LogP contribution in [0.4, 0.5) is 0 Å². The highest BCUT2D eigenvalue weighted by Crippen LogP contribution is 2.65. The van der Waals surface area contributed by atoms with Crippen molar-refractivity contribution in [3.8, 4) is 78.6 Å². The van der Waals surface area contributed by atoms with Crippen molar-refractivity contribution in [3.63, 3.8) is 0 Å².